The van der Waals surface area contributed by atoms with Crippen LogP contribution in [0.1, 0.15) is 13.3 Å². The molecular weight excluding hydrogens is 475 g/mol. The van der Waals surface area contributed by atoms with Gasteiger partial charge in [0, 0.05) is 23.3 Å². The summed E-state index contributed by atoms with van der Waals surface area (Å²) in [4.78, 5) is 24.1. The number of hydrogen-bond acceptors (Lipinski definition) is 8. The van der Waals surface area contributed by atoms with Gasteiger partial charge in [-0.2, -0.15) is 30.4 Å². The van der Waals surface area contributed by atoms with Crippen LogP contribution in [0.25, 0.3) is 0 Å². The van der Waals surface area contributed by atoms with E-state index in [1.165, 1.54) is 6.92 Å². The molecule has 6 unspecified atom stereocenters. The fourth-order valence-electron chi connectivity index (χ4n) is 4.56. The Balaban J connectivity index is 1.65. The highest BCUT2D eigenvalue weighted by atomic mass is 32.2. The van der Waals surface area contributed by atoms with E-state index in [1.54, 1.807) is 0 Å². The summed E-state index contributed by atoms with van der Waals surface area (Å²) in [6.45, 7) is 3.02. The molecule has 3 aliphatic rings. The van der Waals surface area contributed by atoms with Crippen LogP contribution in [-0.2, 0) is 38.7 Å². The summed E-state index contributed by atoms with van der Waals surface area (Å²) in [7, 11) is -6.44. The third-order valence-corrected chi connectivity index (χ3v) is 6.78. The first-order valence-electron chi connectivity index (χ1n) is 9.25. The Morgan fingerprint density at radius 1 is 1.28 bits per heavy atom. The number of ether oxygens (including phenoxy) is 4. The van der Waals surface area contributed by atoms with Gasteiger partial charge in [-0.3, -0.25) is 9.35 Å². The second kappa shape index (κ2) is 8.18. The molecule has 15 heteroatoms. The van der Waals surface area contributed by atoms with Gasteiger partial charge in [-0.05, 0) is 13.3 Å². The topological polar surface area (TPSA) is 125 Å². The van der Waals surface area contributed by atoms with Crippen LogP contribution in [-0.4, -0.2) is 68.1 Å². The van der Waals surface area contributed by atoms with Crippen molar-refractivity contribution in [3.8, 4) is 0 Å². The van der Waals surface area contributed by atoms with Crippen LogP contribution >= 0.6 is 0 Å². The number of esters is 2. The standard InChI is InChI=1S/C17H19F5O9S/c1-6(2)13(23)30-11-7-3-8-10(14(24)31-12(8)11)9(7)4-28-5-29-15(16(18,19)20)17(21,22)32(25,26)27/h7-12,15H,1,3-5H2,2H3,(H,25,26,27)/t7?,8?,9?,10?,11?,12-,15?/m0/s1. The Bertz CT molecular complexity index is 903. The molecular formula is C17H19F5O9S. The van der Waals surface area contributed by atoms with Crippen molar-refractivity contribution in [2.75, 3.05) is 13.4 Å². The first-order chi connectivity index (χ1) is 14.6. The van der Waals surface area contributed by atoms with Crippen LogP contribution in [0.3, 0.4) is 0 Å². The number of carbonyl (C=O) groups is 2. The van der Waals surface area contributed by atoms with Crippen molar-refractivity contribution >= 4 is 22.1 Å². The van der Waals surface area contributed by atoms with Gasteiger partial charge in [0.15, 0.2) is 0 Å². The quantitative estimate of drug-likeness (QED) is 0.127. The Morgan fingerprint density at radius 2 is 1.91 bits per heavy atom. The molecule has 0 aromatic heterocycles. The Morgan fingerprint density at radius 3 is 2.44 bits per heavy atom. The van der Waals surface area contributed by atoms with Crippen molar-refractivity contribution in [1.82, 2.24) is 0 Å². The van der Waals surface area contributed by atoms with E-state index in [0.717, 1.165) is 0 Å². The molecule has 1 N–H and O–H groups in total. The minimum Gasteiger partial charge on any atom is -0.458 e. The van der Waals surface area contributed by atoms with E-state index in [9.17, 15) is 40.0 Å². The highest BCUT2D eigenvalue weighted by Gasteiger charge is 2.68. The lowest BCUT2D eigenvalue weighted by Crippen LogP contribution is -2.51. The first kappa shape index (κ1) is 24.8. The number of rotatable bonds is 9. The molecule has 7 atom stereocenters. The predicted molar refractivity (Wildman–Crippen MR) is 91.4 cm³/mol. The molecule has 1 saturated heterocycles. The fraction of sp³-hybridized carbons (Fsp3) is 0.765. The van der Waals surface area contributed by atoms with E-state index in [1.807, 2.05) is 0 Å². The van der Waals surface area contributed by atoms with E-state index in [2.05, 4.69) is 11.3 Å². The van der Waals surface area contributed by atoms with Crippen LogP contribution in [0.15, 0.2) is 12.2 Å². The van der Waals surface area contributed by atoms with Crippen molar-refractivity contribution < 1.29 is 63.5 Å². The van der Waals surface area contributed by atoms with E-state index in [-0.39, 0.29) is 11.5 Å². The third-order valence-electron chi connectivity index (χ3n) is 5.88. The summed E-state index contributed by atoms with van der Waals surface area (Å²) >= 11 is 0. The molecule has 3 rings (SSSR count). The average Bonchev–Trinajstić information content (AvgIpc) is 3.23. The lowest BCUT2D eigenvalue weighted by molar-refractivity contribution is -0.284. The maximum absolute atomic E-state index is 13.5. The average molecular weight is 494 g/mol. The van der Waals surface area contributed by atoms with Crippen molar-refractivity contribution in [3.63, 3.8) is 0 Å². The molecule has 182 valence electrons. The molecule has 0 aromatic rings. The Labute approximate surface area is 178 Å². The van der Waals surface area contributed by atoms with Crippen molar-refractivity contribution in [3.05, 3.63) is 12.2 Å². The lowest BCUT2D eigenvalue weighted by atomic mass is 9.79. The van der Waals surface area contributed by atoms with Gasteiger partial charge in [0.2, 0.25) is 6.10 Å². The number of hydrogen-bond donors (Lipinski definition) is 1. The van der Waals surface area contributed by atoms with Gasteiger partial charge in [0.1, 0.15) is 19.0 Å². The molecule has 0 amide bonds. The summed E-state index contributed by atoms with van der Waals surface area (Å²) in [6.07, 6.45) is -11.1. The minimum atomic E-state index is -6.44. The lowest BCUT2D eigenvalue weighted by Gasteiger charge is -2.31. The molecule has 0 aromatic carbocycles. The van der Waals surface area contributed by atoms with Crippen LogP contribution < -0.4 is 0 Å². The molecule has 1 heterocycles. The van der Waals surface area contributed by atoms with Gasteiger partial charge in [0.25, 0.3) is 0 Å². The largest absolute Gasteiger partial charge is 0.458 e. The van der Waals surface area contributed by atoms with E-state index < -0.39 is 83.0 Å². The van der Waals surface area contributed by atoms with Gasteiger partial charge in [-0.15, -0.1) is 0 Å². The molecule has 3 fully saturated rings. The van der Waals surface area contributed by atoms with Crippen LogP contribution in [0, 0.1) is 23.7 Å². The van der Waals surface area contributed by atoms with Crippen LogP contribution in [0.4, 0.5) is 22.0 Å². The first-order valence-corrected chi connectivity index (χ1v) is 10.7. The Hall–Kier alpha value is -1.84. The summed E-state index contributed by atoms with van der Waals surface area (Å²) < 4.78 is 115. The van der Waals surface area contributed by atoms with Crippen molar-refractivity contribution in [2.45, 2.75) is 43.1 Å². The smallest absolute Gasteiger partial charge is 0.421 e. The molecule has 0 radical (unpaired) electrons. The summed E-state index contributed by atoms with van der Waals surface area (Å²) in [5, 5.41) is -5.68. The monoisotopic (exact) mass is 494 g/mol. The Kier molecular flexibility index (Phi) is 6.34. The van der Waals surface area contributed by atoms with E-state index >= 15 is 0 Å². The van der Waals surface area contributed by atoms with Crippen molar-refractivity contribution in [1.29, 1.82) is 0 Å². The third kappa shape index (κ3) is 4.22. The normalized spacial score (nSPS) is 32.7. The second-order valence-electron chi connectivity index (χ2n) is 7.92. The van der Waals surface area contributed by atoms with Gasteiger partial charge in [0.05, 0.1) is 12.5 Å². The van der Waals surface area contributed by atoms with Gasteiger partial charge in [-0.1, -0.05) is 6.58 Å². The zero-order valence-corrected chi connectivity index (χ0v) is 17.2. The molecule has 2 saturated carbocycles. The van der Waals surface area contributed by atoms with E-state index in [4.69, 9.17) is 18.8 Å². The van der Waals surface area contributed by atoms with E-state index in [0.29, 0.717) is 6.42 Å². The maximum Gasteiger partial charge on any atom is 0.421 e. The summed E-state index contributed by atoms with van der Waals surface area (Å²) in [6, 6.07) is 0. The maximum atomic E-state index is 13.5. The summed E-state index contributed by atoms with van der Waals surface area (Å²) in [5.74, 6) is -3.41. The number of halogens is 5. The number of carbonyl (C=O) groups excluding carboxylic acids is 2. The fourth-order valence-corrected chi connectivity index (χ4v) is 5.04. The minimum absolute atomic E-state index is 0.104. The zero-order valence-electron chi connectivity index (χ0n) is 16.4. The highest BCUT2D eigenvalue weighted by Crippen LogP contribution is 2.58. The molecule has 2 aliphatic carbocycles. The number of alkyl halides is 5. The molecule has 32 heavy (non-hydrogen) atoms. The van der Waals surface area contributed by atoms with Gasteiger partial charge >= 0.3 is 33.5 Å². The van der Waals surface area contributed by atoms with Gasteiger partial charge in [-0.25, -0.2) is 4.79 Å². The van der Waals surface area contributed by atoms with Crippen molar-refractivity contribution in [2.24, 2.45) is 23.7 Å². The molecule has 0 spiro atoms. The highest BCUT2D eigenvalue weighted by molar-refractivity contribution is 7.86. The summed E-state index contributed by atoms with van der Waals surface area (Å²) in [5.41, 5.74) is 0.104. The molecule has 9 nitrogen and oxygen atoms in total. The molecule has 2 bridgehead atoms. The second-order valence-corrected chi connectivity index (χ2v) is 9.41. The SMILES string of the molecule is C=C(C)C(=O)OC1C2CC3C(C(=O)O[C@@H]31)C2COCOC(C(F)(F)F)C(F)(F)S(=O)(=O)O. The molecule has 1 aliphatic heterocycles. The van der Waals surface area contributed by atoms with Crippen LogP contribution in [0.5, 0.6) is 0 Å². The van der Waals surface area contributed by atoms with Gasteiger partial charge < -0.3 is 18.9 Å². The van der Waals surface area contributed by atoms with Crippen LogP contribution in [0.2, 0.25) is 0 Å². The predicted octanol–water partition coefficient (Wildman–Crippen LogP) is 1.68. The zero-order chi connectivity index (χ0) is 24.2. The number of fused-ring (bicyclic) bond motifs is 1.